The van der Waals surface area contributed by atoms with Crippen LogP contribution in [0.4, 0.5) is 0 Å². The summed E-state index contributed by atoms with van der Waals surface area (Å²) in [4.78, 5) is 10.4. The van der Waals surface area contributed by atoms with Crippen molar-refractivity contribution in [1.29, 1.82) is 0 Å². The molecule has 2 N–H and O–H groups in total. The first-order valence-corrected chi connectivity index (χ1v) is 10.2. The molecule has 1 aromatic heterocycles. The van der Waals surface area contributed by atoms with Crippen molar-refractivity contribution in [2.75, 3.05) is 26.8 Å². The molecule has 5 nitrogen and oxygen atoms in total. The third-order valence-corrected chi connectivity index (χ3v) is 5.63. The van der Waals surface area contributed by atoms with E-state index in [4.69, 9.17) is 4.74 Å². The highest BCUT2D eigenvalue weighted by molar-refractivity contribution is 5.29. The van der Waals surface area contributed by atoms with Crippen molar-refractivity contribution in [3.05, 3.63) is 47.5 Å². The Balaban J connectivity index is 1.64. The van der Waals surface area contributed by atoms with E-state index in [1.54, 1.807) is 7.11 Å². The Morgan fingerprint density at radius 2 is 2.26 bits per heavy atom. The van der Waals surface area contributed by atoms with Gasteiger partial charge in [-0.15, -0.1) is 0 Å². The number of aliphatic hydroxyl groups excluding tert-OH is 1. The van der Waals surface area contributed by atoms with Gasteiger partial charge in [-0.1, -0.05) is 25.5 Å². The molecule has 2 heterocycles. The molecular formula is C22H33N3O2. The second-order valence-corrected chi connectivity index (χ2v) is 7.96. The summed E-state index contributed by atoms with van der Waals surface area (Å²) in [5.74, 6) is 1.97. The van der Waals surface area contributed by atoms with E-state index in [-0.39, 0.29) is 12.0 Å². The number of likely N-dealkylation sites (tertiary alicyclic amines) is 1. The molecule has 5 heteroatoms. The smallest absolute Gasteiger partial charge is 0.119 e. The zero-order chi connectivity index (χ0) is 19.1. The highest BCUT2D eigenvalue weighted by Crippen LogP contribution is 2.34. The number of rotatable bonds is 9. The molecule has 1 unspecified atom stereocenters. The minimum Gasteiger partial charge on any atom is -0.497 e. The first-order valence-electron chi connectivity index (χ1n) is 10.2. The maximum absolute atomic E-state index is 10.2. The van der Waals surface area contributed by atoms with Crippen LogP contribution in [0.25, 0.3) is 0 Å². The first kappa shape index (κ1) is 19.9. The molecule has 0 radical (unpaired) electrons. The number of imidazole rings is 1. The molecule has 1 aliphatic heterocycles. The number of nitrogens with zero attached hydrogens (tertiary/aromatic N) is 2. The number of ether oxygens (including phenoxy) is 1. The van der Waals surface area contributed by atoms with Crippen LogP contribution in [0, 0.1) is 5.41 Å². The van der Waals surface area contributed by atoms with Gasteiger partial charge in [0.15, 0.2) is 0 Å². The lowest BCUT2D eigenvalue weighted by atomic mass is 9.75. The first-order chi connectivity index (χ1) is 13.2. The minimum atomic E-state index is -0.0876. The topological polar surface area (TPSA) is 61.4 Å². The largest absolute Gasteiger partial charge is 0.497 e. The summed E-state index contributed by atoms with van der Waals surface area (Å²) >= 11 is 0. The van der Waals surface area contributed by atoms with Crippen LogP contribution < -0.4 is 4.74 Å². The van der Waals surface area contributed by atoms with E-state index in [2.05, 4.69) is 33.9 Å². The van der Waals surface area contributed by atoms with E-state index in [1.807, 2.05) is 18.3 Å². The number of piperidine rings is 1. The lowest BCUT2D eigenvalue weighted by Crippen LogP contribution is -2.46. The van der Waals surface area contributed by atoms with E-state index in [0.717, 1.165) is 56.9 Å². The fourth-order valence-corrected chi connectivity index (χ4v) is 4.19. The molecule has 1 saturated heterocycles. The molecule has 1 aliphatic rings. The van der Waals surface area contributed by atoms with E-state index in [0.29, 0.717) is 0 Å². The van der Waals surface area contributed by atoms with Gasteiger partial charge in [-0.2, -0.15) is 0 Å². The fourth-order valence-electron chi connectivity index (χ4n) is 4.19. The zero-order valence-electron chi connectivity index (χ0n) is 16.7. The van der Waals surface area contributed by atoms with Crippen molar-refractivity contribution < 1.29 is 9.84 Å². The van der Waals surface area contributed by atoms with E-state index < -0.39 is 0 Å². The van der Waals surface area contributed by atoms with Crippen molar-refractivity contribution in [1.82, 2.24) is 14.9 Å². The third kappa shape index (κ3) is 5.33. The average Bonchev–Trinajstić information content (AvgIpc) is 3.14. The van der Waals surface area contributed by atoms with Gasteiger partial charge in [0.05, 0.1) is 13.7 Å². The number of unbranched alkanes of at least 4 members (excludes halogenated alkanes) is 1. The van der Waals surface area contributed by atoms with Crippen molar-refractivity contribution in [3.63, 3.8) is 0 Å². The van der Waals surface area contributed by atoms with Gasteiger partial charge in [-0.05, 0) is 49.9 Å². The Morgan fingerprint density at radius 1 is 1.37 bits per heavy atom. The van der Waals surface area contributed by atoms with Crippen molar-refractivity contribution in [2.45, 2.75) is 52.0 Å². The number of aliphatic hydroxyl groups is 1. The van der Waals surface area contributed by atoms with Gasteiger partial charge >= 0.3 is 0 Å². The highest BCUT2D eigenvalue weighted by Gasteiger charge is 2.35. The Bertz CT molecular complexity index is 715. The number of hydrogen-bond acceptors (Lipinski definition) is 4. The number of aromatic amines is 1. The van der Waals surface area contributed by atoms with Crippen LogP contribution in [0.2, 0.25) is 0 Å². The summed E-state index contributed by atoms with van der Waals surface area (Å²) < 4.78 is 5.36. The monoisotopic (exact) mass is 371 g/mol. The quantitative estimate of drug-likeness (QED) is 0.707. The van der Waals surface area contributed by atoms with Crippen molar-refractivity contribution >= 4 is 0 Å². The van der Waals surface area contributed by atoms with Crippen LogP contribution in [-0.4, -0.2) is 46.8 Å². The molecule has 148 valence electrons. The minimum absolute atomic E-state index is 0.0876. The predicted molar refractivity (Wildman–Crippen MR) is 108 cm³/mol. The van der Waals surface area contributed by atoms with Crippen LogP contribution in [0.15, 0.2) is 30.5 Å². The van der Waals surface area contributed by atoms with Gasteiger partial charge in [0.25, 0.3) is 0 Å². The molecule has 0 saturated carbocycles. The second-order valence-electron chi connectivity index (χ2n) is 7.96. The number of benzene rings is 1. The molecule has 1 atom stereocenters. The maximum atomic E-state index is 10.2. The molecular weight excluding hydrogens is 338 g/mol. The predicted octanol–water partition coefficient (Wildman–Crippen LogP) is 3.58. The summed E-state index contributed by atoms with van der Waals surface area (Å²) in [5, 5.41) is 10.2. The van der Waals surface area contributed by atoms with Crippen LogP contribution in [0.5, 0.6) is 5.75 Å². The molecule has 0 aliphatic carbocycles. The number of nitrogens with one attached hydrogen (secondary N) is 1. The molecule has 0 amide bonds. The van der Waals surface area contributed by atoms with Gasteiger partial charge in [0, 0.05) is 36.8 Å². The number of aromatic nitrogens is 2. The molecule has 0 bridgehead atoms. The van der Waals surface area contributed by atoms with Gasteiger partial charge < -0.3 is 14.8 Å². The molecule has 27 heavy (non-hydrogen) atoms. The van der Waals surface area contributed by atoms with Gasteiger partial charge in [0.1, 0.15) is 11.6 Å². The standard InChI is InChI=1S/C22H33N3O2/c1-3-4-9-21-23-14-19(24-21)15-25-11-6-10-22(16-25,17-26)13-18-7-5-8-20(12-18)27-2/h5,7-8,12,14,26H,3-4,6,9-11,13,15-17H2,1-2H3,(H,23,24). The summed E-state index contributed by atoms with van der Waals surface area (Å²) in [6.45, 7) is 5.27. The Hall–Kier alpha value is -1.85. The number of H-pyrrole nitrogens is 1. The van der Waals surface area contributed by atoms with Crippen LogP contribution in [-0.2, 0) is 19.4 Å². The van der Waals surface area contributed by atoms with Crippen LogP contribution in [0.1, 0.15) is 49.7 Å². The SMILES string of the molecule is CCCCc1ncc(CN2CCCC(CO)(Cc3cccc(OC)c3)C2)[nH]1. The Labute approximate surface area is 162 Å². The van der Waals surface area contributed by atoms with Crippen molar-refractivity contribution in [2.24, 2.45) is 5.41 Å². The molecule has 1 aromatic carbocycles. The molecule has 2 aromatic rings. The summed E-state index contributed by atoms with van der Waals surface area (Å²) in [7, 11) is 1.70. The van der Waals surface area contributed by atoms with E-state index in [1.165, 1.54) is 24.1 Å². The summed E-state index contributed by atoms with van der Waals surface area (Å²) in [6.07, 6.45) is 8.40. The lowest BCUT2D eigenvalue weighted by Gasteiger charge is -2.42. The zero-order valence-corrected chi connectivity index (χ0v) is 16.7. The summed E-state index contributed by atoms with van der Waals surface area (Å²) in [5.41, 5.74) is 2.32. The van der Waals surface area contributed by atoms with Crippen LogP contribution >= 0.6 is 0 Å². The van der Waals surface area contributed by atoms with Crippen LogP contribution in [0.3, 0.4) is 0 Å². The highest BCUT2D eigenvalue weighted by atomic mass is 16.5. The van der Waals surface area contributed by atoms with E-state index in [9.17, 15) is 5.11 Å². The van der Waals surface area contributed by atoms with Gasteiger partial charge in [-0.3, -0.25) is 4.90 Å². The fraction of sp³-hybridized carbons (Fsp3) is 0.591. The summed E-state index contributed by atoms with van der Waals surface area (Å²) in [6, 6.07) is 8.22. The number of hydrogen-bond donors (Lipinski definition) is 2. The Morgan fingerprint density at radius 3 is 3.04 bits per heavy atom. The normalized spacial score (nSPS) is 20.7. The van der Waals surface area contributed by atoms with Crippen molar-refractivity contribution in [3.8, 4) is 5.75 Å². The average molecular weight is 372 g/mol. The third-order valence-electron chi connectivity index (χ3n) is 5.63. The number of methoxy groups -OCH3 is 1. The van der Waals surface area contributed by atoms with Gasteiger partial charge in [-0.25, -0.2) is 4.98 Å². The maximum Gasteiger partial charge on any atom is 0.119 e. The van der Waals surface area contributed by atoms with E-state index >= 15 is 0 Å². The van der Waals surface area contributed by atoms with Gasteiger partial charge in [0.2, 0.25) is 0 Å². The molecule has 3 rings (SSSR count). The lowest BCUT2D eigenvalue weighted by molar-refractivity contribution is 0.0283. The second kappa shape index (κ2) is 9.38. The Kier molecular flexibility index (Phi) is 6.91. The molecule has 1 fully saturated rings. The molecule has 0 spiro atoms. The number of aryl methyl sites for hydroxylation is 1.